The lowest BCUT2D eigenvalue weighted by Crippen LogP contribution is -2.14. The Morgan fingerprint density at radius 3 is 2.54 bits per heavy atom. The Balaban J connectivity index is 1.73. The van der Waals surface area contributed by atoms with Crippen molar-refractivity contribution >= 4 is 22.9 Å². The number of hydrogen-bond donors (Lipinski definition) is 1. The van der Waals surface area contributed by atoms with E-state index in [1.54, 1.807) is 39.5 Å². The largest absolute Gasteiger partial charge is 0.497 e. The highest BCUT2D eigenvalue weighted by Crippen LogP contribution is 2.32. The zero-order valence-electron chi connectivity index (χ0n) is 16.2. The van der Waals surface area contributed by atoms with Gasteiger partial charge in [0.25, 0.3) is 0 Å². The Bertz CT molecular complexity index is 984. The van der Waals surface area contributed by atoms with Crippen molar-refractivity contribution in [3.8, 4) is 27.8 Å². The SMILES string of the molecule is COc1cccc(-c2nc(C)c(CC(=O)Nc3ccc(OC)c(OC)c3)s2)c1. The van der Waals surface area contributed by atoms with Gasteiger partial charge in [-0.05, 0) is 31.2 Å². The summed E-state index contributed by atoms with van der Waals surface area (Å²) in [6.45, 7) is 1.92. The van der Waals surface area contributed by atoms with E-state index >= 15 is 0 Å². The van der Waals surface area contributed by atoms with Gasteiger partial charge in [-0.1, -0.05) is 12.1 Å². The number of rotatable bonds is 7. The number of thiazole rings is 1. The van der Waals surface area contributed by atoms with Crippen molar-refractivity contribution in [3.63, 3.8) is 0 Å². The van der Waals surface area contributed by atoms with Crippen LogP contribution in [0.5, 0.6) is 17.2 Å². The van der Waals surface area contributed by atoms with E-state index in [2.05, 4.69) is 10.3 Å². The quantitative estimate of drug-likeness (QED) is 0.642. The predicted molar refractivity (Wildman–Crippen MR) is 111 cm³/mol. The van der Waals surface area contributed by atoms with Crippen LogP contribution in [0.4, 0.5) is 5.69 Å². The molecule has 0 spiro atoms. The lowest BCUT2D eigenvalue weighted by atomic mass is 10.2. The molecule has 28 heavy (non-hydrogen) atoms. The second-order valence-electron chi connectivity index (χ2n) is 6.05. The van der Waals surface area contributed by atoms with Crippen molar-refractivity contribution in [1.29, 1.82) is 0 Å². The maximum atomic E-state index is 12.5. The average Bonchev–Trinajstić information content (AvgIpc) is 3.08. The standard InChI is InChI=1S/C21H22N2O4S/c1-13-19(28-21(22-13)14-6-5-7-16(10-14)25-2)12-20(24)23-15-8-9-17(26-3)18(11-15)27-4/h5-11H,12H2,1-4H3,(H,23,24). The summed E-state index contributed by atoms with van der Waals surface area (Å²) < 4.78 is 15.8. The minimum absolute atomic E-state index is 0.115. The summed E-state index contributed by atoms with van der Waals surface area (Å²) in [5, 5.41) is 3.76. The second kappa shape index (κ2) is 8.75. The van der Waals surface area contributed by atoms with Gasteiger partial charge in [-0.15, -0.1) is 11.3 Å². The molecule has 0 saturated carbocycles. The van der Waals surface area contributed by atoms with Crippen LogP contribution in [0.1, 0.15) is 10.6 Å². The van der Waals surface area contributed by atoms with E-state index in [0.717, 1.165) is 26.9 Å². The third-order valence-electron chi connectivity index (χ3n) is 4.20. The molecular formula is C21H22N2O4S. The van der Waals surface area contributed by atoms with E-state index in [1.165, 1.54) is 11.3 Å². The van der Waals surface area contributed by atoms with Crippen molar-refractivity contribution in [3.05, 3.63) is 53.0 Å². The Labute approximate surface area is 168 Å². The minimum Gasteiger partial charge on any atom is -0.497 e. The van der Waals surface area contributed by atoms with Crippen LogP contribution in [-0.2, 0) is 11.2 Å². The molecule has 1 aromatic heterocycles. The number of benzene rings is 2. The van der Waals surface area contributed by atoms with Crippen LogP contribution in [0.2, 0.25) is 0 Å². The van der Waals surface area contributed by atoms with Crippen molar-refractivity contribution < 1.29 is 19.0 Å². The van der Waals surface area contributed by atoms with E-state index in [1.807, 2.05) is 31.2 Å². The van der Waals surface area contributed by atoms with Gasteiger partial charge in [-0.3, -0.25) is 4.79 Å². The molecule has 3 rings (SSSR count). The van der Waals surface area contributed by atoms with Crippen LogP contribution in [-0.4, -0.2) is 32.2 Å². The van der Waals surface area contributed by atoms with Gasteiger partial charge in [-0.2, -0.15) is 0 Å². The molecule has 6 nitrogen and oxygen atoms in total. The summed E-state index contributed by atoms with van der Waals surface area (Å²) in [6, 6.07) is 13.0. The lowest BCUT2D eigenvalue weighted by Gasteiger charge is -2.10. The summed E-state index contributed by atoms with van der Waals surface area (Å²) >= 11 is 1.51. The molecule has 0 aliphatic rings. The molecule has 3 aromatic rings. The summed E-state index contributed by atoms with van der Waals surface area (Å²) in [4.78, 5) is 18.0. The number of ether oxygens (including phenoxy) is 3. The predicted octanol–water partition coefficient (Wildman–Crippen LogP) is 4.33. The molecule has 0 bridgehead atoms. The van der Waals surface area contributed by atoms with Gasteiger partial charge in [0.1, 0.15) is 10.8 Å². The molecule has 0 unspecified atom stereocenters. The molecular weight excluding hydrogens is 376 g/mol. The molecule has 2 aromatic carbocycles. The summed E-state index contributed by atoms with van der Waals surface area (Å²) in [6.07, 6.45) is 0.252. The highest BCUT2D eigenvalue weighted by atomic mass is 32.1. The van der Waals surface area contributed by atoms with E-state index in [0.29, 0.717) is 17.2 Å². The van der Waals surface area contributed by atoms with Crippen molar-refractivity contribution in [2.45, 2.75) is 13.3 Å². The van der Waals surface area contributed by atoms with Crippen LogP contribution < -0.4 is 19.5 Å². The first-order chi connectivity index (χ1) is 13.5. The highest BCUT2D eigenvalue weighted by Gasteiger charge is 2.14. The fraction of sp³-hybridized carbons (Fsp3) is 0.238. The van der Waals surface area contributed by atoms with E-state index in [4.69, 9.17) is 14.2 Å². The normalized spacial score (nSPS) is 10.4. The highest BCUT2D eigenvalue weighted by molar-refractivity contribution is 7.15. The zero-order chi connectivity index (χ0) is 20.1. The molecule has 7 heteroatoms. The molecule has 1 N–H and O–H groups in total. The number of aromatic nitrogens is 1. The number of carbonyl (C=O) groups excluding carboxylic acids is 1. The fourth-order valence-corrected chi connectivity index (χ4v) is 3.79. The van der Waals surface area contributed by atoms with Gasteiger partial charge in [0.05, 0.1) is 33.4 Å². The maximum Gasteiger partial charge on any atom is 0.229 e. The summed E-state index contributed by atoms with van der Waals surface area (Å²) in [7, 11) is 4.77. The first-order valence-corrected chi connectivity index (χ1v) is 9.48. The Morgan fingerprint density at radius 2 is 1.82 bits per heavy atom. The van der Waals surface area contributed by atoms with Gasteiger partial charge in [0.15, 0.2) is 11.5 Å². The third kappa shape index (κ3) is 4.43. The van der Waals surface area contributed by atoms with Gasteiger partial charge in [0.2, 0.25) is 5.91 Å². The number of amides is 1. The Kier molecular flexibility index (Phi) is 6.16. The summed E-state index contributed by atoms with van der Waals surface area (Å²) in [5.41, 5.74) is 2.47. The lowest BCUT2D eigenvalue weighted by molar-refractivity contribution is -0.115. The first kappa shape index (κ1) is 19.7. The fourth-order valence-electron chi connectivity index (χ4n) is 2.74. The number of aryl methyl sites for hydroxylation is 1. The van der Waals surface area contributed by atoms with Crippen LogP contribution in [0, 0.1) is 6.92 Å². The number of carbonyl (C=O) groups is 1. The molecule has 0 radical (unpaired) electrons. The van der Waals surface area contributed by atoms with Gasteiger partial charge < -0.3 is 19.5 Å². The van der Waals surface area contributed by atoms with Crippen LogP contribution in [0.3, 0.4) is 0 Å². The first-order valence-electron chi connectivity index (χ1n) is 8.66. The topological polar surface area (TPSA) is 69.7 Å². The number of methoxy groups -OCH3 is 3. The minimum atomic E-state index is -0.115. The van der Waals surface area contributed by atoms with E-state index < -0.39 is 0 Å². The van der Waals surface area contributed by atoms with Crippen LogP contribution >= 0.6 is 11.3 Å². The number of nitrogens with one attached hydrogen (secondary N) is 1. The van der Waals surface area contributed by atoms with Crippen LogP contribution in [0.25, 0.3) is 10.6 Å². The molecule has 0 saturated heterocycles. The molecule has 0 atom stereocenters. The third-order valence-corrected chi connectivity index (χ3v) is 5.40. The van der Waals surface area contributed by atoms with Gasteiger partial charge in [-0.25, -0.2) is 4.98 Å². The smallest absolute Gasteiger partial charge is 0.229 e. The van der Waals surface area contributed by atoms with Gasteiger partial charge in [0, 0.05) is 22.2 Å². The Hall–Kier alpha value is -3.06. The Morgan fingerprint density at radius 1 is 1.04 bits per heavy atom. The average molecular weight is 398 g/mol. The number of hydrogen-bond acceptors (Lipinski definition) is 6. The van der Waals surface area contributed by atoms with Gasteiger partial charge >= 0.3 is 0 Å². The second-order valence-corrected chi connectivity index (χ2v) is 7.14. The molecule has 0 aliphatic heterocycles. The van der Waals surface area contributed by atoms with E-state index in [9.17, 15) is 4.79 Å². The molecule has 146 valence electrons. The van der Waals surface area contributed by atoms with Crippen molar-refractivity contribution in [1.82, 2.24) is 4.98 Å². The number of nitrogens with zero attached hydrogens (tertiary/aromatic N) is 1. The van der Waals surface area contributed by atoms with Crippen LogP contribution in [0.15, 0.2) is 42.5 Å². The van der Waals surface area contributed by atoms with E-state index in [-0.39, 0.29) is 12.3 Å². The molecule has 0 fully saturated rings. The number of anilines is 1. The molecule has 0 aliphatic carbocycles. The molecule has 1 heterocycles. The monoisotopic (exact) mass is 398 g/mol. The summed E-state index contributed by atoms with van der Waals surface area (Å²) in [5.74, 6) is 1.84. The van der Waals surface area contributed by atoms with Crippen molar-refractivity contribution in [2.24, 2.45) is 0 Å². The molecule has 1 amide bonds. The zero-order valence-corrected chi connectivity index (χ0v) is 17.1. The maximum absolute atomic E-state index is 12.5. The van der Waals surface area contributed by atoms with Crippen molar-refractivity contribution in [2.75, 3.05) is 26.6 Å².